The van der Waals surface area contributed by atoms with Gasteiger partial charge in [0.15, 0.2) is 0 Å². The van der Waals surface area contributed by atoms with Crippen molar-refractivity contribution in [3.63, 3.8) is 0 Å². The van der Waals surface area contributed by atoms with Crippen LogP contribution in [0.3, 0.4) is 0 Å². The Bertz CT molecular complexity index is 771. The van der Waals surface area contributed by atoms with Gasteiger partial charge in [-0.25, -0.2) is 9.99 Å². The number of carbonyl (C=O) groups is 1. The average Bonchev–Trinajstić information content (AvgIpc) is 3.20. The lowest BCUT2D eigenvalue weighted by Gasteiger charge is -2.35. The highest BCUT2D eigenvalue weighted by atomic mass is 16.2. The molecule has 0 spiro atoms. The Morgan fingerprint density at radius 3 is 2.54 bits per heavy atom. The molecule has 1 amide bonds. The number of carbonyl (C=O) groups excluding carboxylic acids is 1. The Hall–Kier alpha value is -2.80. The van der Waals surface area contributed by atoms with Gasteiger partial charge in [0.25, 0.3) is 5.91 Å². The van der Waals surface area contributed by atoms with E-state index in [0.29, 0.717) is 13.1 Å². The number of piperazine rings is 1. The molecule has 0 bridgehead atoms. The molecule has 7 nitrogen and oxygen atoms in total. The summed E-state index contributed by atoms with van der Waals surface area (Å²) in [6.45, 7) is 4.47. The van der Waals surface area contributed by atoms with E-state index in [-0.39, 0.29) is 5.91 Å². The van der Waals surface area contributed by atoms with Crippen molar-refractivity contribution in [2.24, 2.45) is 5.10 Å². The minimum Gasteiger partial charge on any atom is -0.353 e. The molecule has 2 aliphatic rings. The molecule has 0 unspecified atom stereocenters. The van der Waals surface area contributed by atoms with Gasteiger partial charge in [-0.05, 0) is 5.56 Å². The monoisotopic (exact) mass is 350 g/mol. The lowest BCUT2D eigenvalue weighted by atomic mass is 10.1. The van der Waals surface area contributed by atoms with Crippen LogP contribution in [0.5, 0.6) is 0 Å². The third-order valence-corrected chi connectivity index (χ3v) is 4.80. The van der Waals surface area contributed by atoms with E-state index in [4.69, 9.17) is 0 Å². The second kappa shape index (κ2) is 7.61. The quantitative estimate of drug-likeness (QED) is 0.830. The Morgan fingerprint density at radius 2 is 1.81 bits per heavy atom. The van der Waals surface area contributed by atoms with Crippen LogP contribution in [0.15, 0.2) is 54.0 Å². The summed E-state index contributed by atoms with van der Waals surface area (Å²) in [6.07, 6.45) is 5.99. The van der Waals surface area contributed by atoms with Crippen molar-refractivity contribution in [2.45, 2.75) is 6.42 Å². The Morgan fingerprint density at radius 1 is 1.00 bits per heavy atom. The molecule has 1 fully saturated rings. The third kappa shape index (κ3) is 3.72. The van der Waals surface area contributed by atoms with Crippen LogP contribution in [0.4, 0.5) is 5.82 Å². The van der Waals surface area contributed by atoms with E-state index < -0.39 is 0 Å². The predicted molar refractivity (Wildman–Crippen MR) is 100.0 cm³/mol. The zero-order chi connectivity index (χ0) is 17.8. The van der Waals surface area contributed by atoms with Crippen molar-refractivity contribution >= 4 is 17.4 Å². The minimum absolute atomic E-state index is 0.0730. The highest BCUT2D eigenvalue weighted by Gasteiger charge is 2.25. The summed E-state index contributed by atoms with van der Waals surface area (Å²) in [5.74, 6) is 0.971. The van der Waals surface area contributed by atoms with Gasteiger partial charge in [-0.2, -0.15) is 5.10 Å². The fourth-order valence-electron chi connectivity index (χ4n) is 3.33. The molecule has 1 saturated heterocycles. The fourth-order valence-corrected chi connectivity index (χ4v) is 3.33. The van der Waals surface area contributed by atoms with Gasteiger partial charge in [-0.15, -0.1) is 0 Å². The summed E-state index contributed by atoms with van der Waals surface area (Å²) in [5.41, 5.74) is 2.09. The van der Waals surface area contributed by atoms with Crippen molar-refractivity contribution in [1.29, 1.82) is 0 Å². The van der Waals surface area contributed by atoms with Crippen molar-refractivity contribution in [1.82, 2.24) is 19.9 Å². The molecule has 2 aromatic rings. The van der Waals surface area contributed by atoms with Gasteiger partial charge in [-0.1, -0.05) is 30.3 Å². The largest absolute Gasteiger partial charge is 0.353 e. The van der Waals surface area contributed by atoms with Crippen molar-refractivity contribution < 1.29 is 4.79 Å². The summed E-state index contributed by atoms with van der Waals surface area (Å²) in [5, 5.41) is 6.15. The Labute approximate surface area is 153 Å². The van der Waals surface area contributed by atoms with E-state index in [1.807, 2.05) is 30.3 Å². The summed E-state index contributed by atoms with van der Waals surface area (Å²) >= 11 is 0. The molecule has 1 aromatic heterocycles. The first-order chi connectivity index (χ1) is 12.8. The zero-order valence-corrected chi connectivity index (χ0v) is 14.7. The number of hydrazone groups is 1. The summed E-state index contributed by atoms with van der Waals surface area (Å²) in [7, 11) is 0. The number of benzene rings is 1. The van der Waals surface area contributed by atoms with E-state index in [0.717, 1.165) is 49.7 Å². The van der Waals surface area contributed by atoms with Gasteiger partial charge in [0.05, 0.1) is 25.0 Å². The van der Waals surface area contributed by atoms with E-state index in [1.165, 1.54) is 0 Å². The molecule has 3 heterocycles. The lowest BCUT2D eigenvalue weighted by Crippen LogP contribution is -2.49. The molecule has 0 atom stereocenters. The molecule has 0 N–H and O–H groups in total. The van der Waals surface area contributed by atoms with Crippen molar-refractivity contribution in [3.8, 4) is 0 Å². The maximum Gasteiger partial charge on any atom is 0.256 e. The Balaban J connectivity index is 1.30. The first-order valence-corrected chi connectivity index (χ1v) is 8.96. The molecule has 2 aliphatic heterocycles. The predicted octanol–water partition coefficient (Wildman–Crippen LogP) is 1.24. The smallest absolute Gasteiger partial charge is 0.256 e. The number of amides is 1. The second-order valence-corrected chi connectivity index (χ2v) is 6.51. The molecule has 0 aliphatic carbocycles. The number of hydrogen-bond donors (Lipinski definition) is 0. The normalized spacial score (nSPS) is 18.1. The zero-order valence-electron chi connectivity index (χ0n) is 14.7. The van der Waals surface area contributed by atoms with Gasteiger partial charge in [0, 0.05) is 45.0 Å². The molecule has 7 heteroatoms. The van der Waals surface area contributed by atoms with Gasteiger partial charge in [0.1, 0.15) is 5.82 Å². The van der Waals surface area contributed by atoms with Crippen molar-refractivity contribution in [3.05, 3.63) is 54.5 Å². The Kier molecular flexibility index (Phi) is 4.88. The van der Waals surface area contributed by atoms with E-state index >= 15 is 0 Å². The van der Waals surface area contributed by atoms with Crippen molar-refractivity contribution in [2.75, 3.05) is 44.2 Å². The molecule has 0 saturated carbocycles. The fraction of sp³-hybridized carbons (Fsp3) is 0.368. The molecule has 26 heavy (non-hydrogen) atoms. The number of aromatic nitrogens is 2. The minimum atomic E-state index is 0.0730. The van der Waals surface area contributed by atoms with Crippen LogP contribution in [0, 0.1) is 0 Å². The van der Waals surface area contributed by atoms with Gasteiger partial charge >= 0.3 is 0 Å². The lowest BCUT2D eigenvalue weighted by molar-refractivity contribution is -0.132. The SMILES string of the molecule is O=C(CN1CCN(c2cnccn2)CC1)N1CCC(c2ccccc2)=N1. The summed E-state index contributed by atoms with van der Waals surface area (Å²) in [4.78, 5) is 25.4. The van der Waals surface area contributed by atoms with Crippen LogP contribution in [0.1, 0.15) is 12.0 Å². The van der Waals surface area contributed by atoms with Gasteiger partial charge < -0.3 is 4.90 Å². The molecule has 134 valence electrons. The first-order valence-electron chi connectivity index (χ1n) is 8.96. The van der Waals surface area contributed by atoms with E-state index in [1.54, 1.807) is 23.6 Å². The van der Waals surface area contributed by atoms with Crippen LogP contribution < -0.4 is 4.90 Å². The maximum absolute atomic E-state index is 12.6. The van der Waals surface area contributed by atoms with Crippen LogP contribution in [0.2, 0.25) is 0 Å². The topological polar surface area (TPSA) is 64.9 Å². The number of nitrogens with zero attached hydrogens (tertiary/aromatic N) is 6. The highest BCUT2D eigenvalue weighted by Crippen LogP contribution is 2.15. The number of hydrogen-bond acceptors (Lipinski definition) is 6. The number of anilines is 1. The first kappa shape index (κ1) is 16.7. The molecule has 1 aromatic carbocycles. The van der Waals surface area contributed by atoms with E-state index in [2.05, 4.69) is 24.9 Å². The maximum atomic E-state index is 12.6. The van der Waals surface area contributed by atoms with E-state index in [9.17, 15) is 4.79 Å². The summed E-state index contributed by atoms with van der Waals surface area (Å²) in [6, 6.07) is 10.1. The molecular formula is C19H22N6O. The molecular weight excluding hydrogens is 328 g/mol. The molecule has 0 radical (unpaired) electrons. The molecule has 4 rings (SSSR count). The third-order valence-electron chi connectivity index (χ3n) is 4.80. The average molecular weight is 350 g/mol. The van der Waals surface area contributed by atoms with Crippen LogP contribution in [-0.4, -0.2) is 70.8 Å². The van der Waals surface area contributed by atoms with Crippen LogP contribution >= 0.6 is 0 Å². The second-order valence-electron chi connectivity index (χ2n) is 6.51. The summed E-state index contributed by atoms with van der Waals surface area (Å²) < 4.78 is 0. The standard InChI is InChI=1S/C19H22N6O/c26-19(25-9-6-17(22-25)16-4-2-1-3-5-16)15-23-10-12-24(13-11-23)18-14-20-7-8-21-18/h1-5,7-8,14H,6,9-13,15H2. The highest BCUT2D eigenvalue weighted by molar-refractivity contribution is 6.02. The van der Waals surface area contributed by atoms with Gasteiger partial charge in [-0.3, -0.25) is 14.7 Å². The van der Waals surface area contributed by atoms with Crippen LogP contribution in [0.25, 0.3) is 0 Å². The van der Waals surface area contributed by atoms with Gasteiger partial charge in [0.2, 0.25) is 0 Å². The number of rotatable bonds is 4. The van der Waals surface area contributed by atoms with Crippen LogP contribution in [-0.2, 0) is 4.79 Å².